The molecule has 0 saturated carbocycles. The first-order valence-electron chi connectivity index (χ1n) is 12.1. The maximum absolute atomic E-state index is 13.0. The molecule has 0 bridgehead atoms. The second-order valence-electron chi connectivity index (χ2n) is 8.90. The molecule has 2 amide bonds. The number of aryl methyl sites for hydroxylation is 1. The van der Waals surface area contributed by atoms with E-state index >= 15 is 0 Å². The fourth-order valence-electron chi connectivity index (χ4n) is 4.40. The summed E-state index contributed by atoms with van der Waals surface area (Å²) >= 11 is 1.59. The number of anilines is 1. The van der Waals surface area contributed by atoms with E-state index in [0.717, 1.165) is 48.0 Å². The summed E-state index contributed by atoms with van der Waals surface area (Å²) in [5, 5.41) is 12.9. The van der Waals surface area contributed by atoms with Crippen molar-refractivity contribution in [2.45, 2.75) is 55.5 Å². The van der Waals surface area contributed by atoms with Gasteiger partial charge in [-0.2, -0.15) is 0 Å². The van der Waals surface area contributed by atoms with E-state index < -0.39 is 0 Å². The molecule has 1 aromatic carbocycles. The molecule has 2 saturated heterocycles. The molecule has 0 radical (unpaired) electrons. The molecule has 0 aliphatic carbocycles. The number of carbonyl (C=O) groups is 2. The van der Waals surface area contributed by atoms with Crippen LogP contribution in [0.1, 0.15) is 38.2 Å². The van der Waals surface area contributed by atoms with Crippen molar-refractivity contribution in [3.05, 3.63) is 42.0 Å². The van der Waals surface area contributed by atoms with Crippen LogP contribution in [-0.4, -0.2) is 65.9 Å². The molecule has 2 fully saturated rings. The molecule has 4 rings (SSSR count). The van der Waals surface area contributed by atoms with Crippen molar-refractivity contribution in [1.29, 1.82) is 0 Å². The van der Waals surface area contributed by atoms with Crippen molar-refractivity contribution in [1.82, 2.24) is 20.4 Å². The van der Waals surface area contributed by atoms with Gasteiger partial charge in [0.15, 0.2) is 5.82 Å². The van der Waals surface area contributed by atoms with Gasteiger partial charge in [-0.05, 0) is 63.8 Å². The third-order valence-electron chi connectivity index (χ3n) is 6.35. The quantitative estimate of drug-likeness (QED) is 0.667. The third kappa shape index (κ3) is 6.40. The van der Waals surface area contributed by atoms with E-state index in [1.165, 1.54) is 5.56 Å². The molecule has 34 heavy (non-hydrogen) atoms. The van der Waals surface area contributed by atoms with Gasteiger partial charge in [-0.1, -0.05) is 29.5 Å². The van der Waals surface area contributed by atoms with Gasteiger partial charge >= 0.3 is 6.09 Å². The number of aromatic nitrogens is 2. The molecule has 2 aliphatic heterocycles. The van der Waals surface area contributed by atoms with E-state index in [-0.39, 0.29) is 24.0 Å². The largest absolute Gasteiger partial charge is 0.450 e. The first kappa shape index (κ1) is 24.3. The minimum absolute atomic E-state index is 0.0692. The molecular weight excluding hydrogens is 450 g/mol. The van der Waals surface area contributed by atoms with E-state index in [1.54, 1.807) is 16.7 Å². The first-order chi connectivity index (χ1) is 16.5. The van der Waals surface area contributed by atoms with Crippen molar-refractivity contribution in [3.63, 3.8) is 0 Å². The molecule has 2 aliphatic rings. The second kappa shape index (κ2) is 11.6. The second-order valence-corrected chi connectivity index (χ2v) is 9.99. The lowest BCUT2D eigenvalue weighted by Crippen LogP contribution is -2.50. The predicted molar refractivity (Wildman–Crippen MR) is 132 cm³/mol. The lowest BCUT2D eigenvalue weighted by atomic mass is 9.96. The Morgan fingerprint density at radius 1 is 1.06 bits per heavy atom. The van der Waals surface area contributed by atoms with Crippen LogP contribution in [0.5, 0.6) is 0 Å². The Hall–Kier alpha value is -2.81. The number of piperidine rings is 2. The summed E-state index contributed by atoms with van der Waals surface area (Å²) in [5.74, 6) is 0.840. The summed E-state index contributed by atoms with van der Waals surface area (Å²) in [7, 11) is 0. The van der Waals surface area contributed by atoms with Gasteiger partial charge in [0.25, 0.3) is 0 Å². The zero-order chi connectivity index (χ0) is 23.9. The van der Waals surface area contributed by atoms with Crippen LogP contribution < -0.4 is 10.2 Å². The van der Waals surface area contributed by atoms with Gasteiger partial charge in [-0.25, -0.2) is 4.79 Å². The number of nitrogens with zero attached hydrogens (tertiary/aromatic N) is 4. The Morgan fingerprint density at radius 2 is 1.82 bits per heavy atom. The summed E-state index contributed by atoms with van der Waals surface area (Å²) in [4.78, 5) is 29.8. The summed E-state index contributed by atoms with van der Waals surface area (Å²) in [6, 6.07) is 12.4. The molecule has 2 aromatic rings. The van der Waals surface area contributed by atoms with E-state index in [0.29, 0.717) is 26.2 Å². The molecule has 8 nitrogen and oxygen atoms in total. The number of hydrogen-bond donors (Lipinski definition) is 1. The highest BCUT2D eigenvalue weighted by Crippen LogP contribution is 2.28. The summed E-state index contributed by atoms with van der Waals surface area (Å²) in [6.07, 6.45) is 3.07. The molecule has 1 N–H and O–H groups in total. The number of amides is 2. The number of ether oxygens (including phenoxy) is 1. The monoisotopic (exact) mass is 483 g/mol. The van der Waals surface area contributed by atoms with Gasteiger partial charge in [0.05, 0.1) is 12.5 Å². The highest BCUT2D eigenvalue weighted by atomic mass is 32.2. The summed E-state index contributed by atoms with van der Waals surface area (Å²) < 4.78 is 5.07. The molecule has 1 atom stereocenters. The Kier molecular flexibility index (Phi) is 8.26. The maximum Gasteiger partial charge on any atom is 0.409 e. The van der Waals surface area contributed by atoms with Gasteiger partial charge < -0.3 is 19.9 Å². The fraction of sp³-hybridized carbons (Fsp3) is 0.520. The standard InChI is InChI=1S/C25H33N5O3S/c1-3-33-25(32)29-15-12-20(13-16-29)26-24(31)19-5-4-14-30(17-19)22-10-11-23(28-27-22)34-21-8-6-18(2)7-9-21/h6-11,19-20H,3-5,12-17H2,1-2H3,(H,26,31)/t19-/m1/s1. The number of rotatable bonds is 6. The van der Waals surface area contributed by atoms with Gasteiger partial charge in [0.1, 0.15) is 5.03 Å². The van der Waals surface area contributed by atoms with E-state index in [9.17, 15) is 9.59 Å². The van der Waals surface area contributed by atoms with E-state index in [4.69, 9.17) is 4.74 Å². The predicted octanol–water partition coefficient (Wildman–Crippen LogP) is 3.89. The van der Waals surface area contributed by atoms with Crippen molar-refractivity contribution in [2.75, 3.05) is 37.7 Å². The summed E-state index contributed by atoms with van der Waals surface area (Å²) in [5.41, 5.74) is 1.23. The molecule has 1 aromatic heterocycles. The van der Waals surface area contributed by atoms with Crippen molar-refractivity contribution < 1.29 is 14.3 Å². The van der Waals surface area contributed by atoms with Crippen molar-refractivity contribution in [3.8, 4) is 0 Å². The highest BCUT2D eigenvalue weighted by molar-refractivity contribution is 7.99. The maximum atomic E-state index is 13.0. The van der Waals surface area contributed by atoms with Crippen LogP contribution in [-0.2, 0) is 9.53 Å². The van der Waals surface area contributed by atoms with Crippen LogP contribution in [0.4, 0.5) is 10.6 Å². The molecular formula is C25H33N5O3S. The SMILES string of the molecule is CCOC(=O)N1CCC(NC(=O)[C@@H]2CCCN(c3ccc(Sc4ccc(C)cc4)nn3)C2)CC1. The number of likely N-dealkylation sites (tertiary alicyclic amines) is 1. The van der Waals surface area contributed by atoms with Crippen LogP contribution in [0.3, 0.4) is 0 Å². The minimum Gasteiger partial charge on any atom is -0.450 e. The first-order valence-corrected chi connectivity index (χ1v) is 12.9. The number of carbonyl (C=O) groups excluding carboxylic acids is 2. The molecule has 0 spiro atoms. The number of benzene rings is 1. The molecule has 182 valence electrons. The Labute approximate surface area is 205 Å². The van der Waals surface area contributed by atoms with Crippen molar-refractivity contribution in [2.24, 2.45) is 5.92 Å². The average molecular weight is 484 g/mol. The lowest BCUT2D eigenvalue weighted by molar-refractivity contribution is -0.126. The third-order valence-corrected chi connectivity index (χ3v) is 7.29. The zero-order valence-corrected chi connectivity index (χ0v) is 20.7. The van der Waals surface area contributed by atoms with Crippen LogP contribution >= 0.6 is 11.8 Å². The van der Waals surface area contributed by atoms with Crippen LogP contribution in [0, 0.1) is 12.8 Å². The molecule has 9 heteroatoms. The Bertz CT molecular complexity index is 962. The Morgan fingerprint density at radius 3 is 2.50 bits per heavy atom. The smallest absolute Gasteiger partial charge is 0.409 e. The van der Waals surface area contributed by atoms with Crippen LogP contribution in [0.25, 0.3) is 0 Å². The molecule has 3 heterocycles. The van der Waals surface area contributed by atoms with Crippen LogP contribution in [0.2, 0.25) is 0 Å². The van der Waals surface area contributed by atoms with Crippen molar-refractivity contribution >= 4 is 29.6 Å². The number of nitrogens with one attached hydrogen (secondary N) is 1. The van der Waals surface area contributed by atoms with Gasteiger partial charge in [0, 0.05) is 37.1 Å². The van der Waals surface area contributed by atoms with Gasteiger partial charge in [-0.15, -0.1) is 10.2 Å². The topological polar surface area (TPSA) is 87.7 Å². The fourth-order valence-corrected chi connectivity index (χ4v) is 5.13. The molecule has 0 unspecified atom stereocenters. The highest BCUT2D eigenvalue weighted by Gasteiger charge is 2.30. The number of hydrogen-bond acceptors (Lipinski definition) is 7. The summed E-state index contributed by atoms with van der Waals surface area (Å²) in [6.45, 7) is 7.01. The van der Waals surface area contributed by atoms with Crippen LogP contribution in [0.15, 0.2) is 46.3 Å². The zero-order valence-electron chi connectivity index (χ0n) is 19.9. The minimum atomic E-state index is -0.264. The van der Waals surface area contributed by atoms with E-state index in [1.807, 2.05) is 19.1 Å². The van der Waals surface area contributed by atoms with Gasteiger partial charge in [0.2, 0.25) is 5.91 Å². The average Bonchev–Trinajstić information content (AvgIpc) is 2.86. The normalized spacial score (nSPS) is 19.1. The Balaban J connectivity index is 1.27. The lowest BCUT2D eigenvalue weighted by Gasteiger charge is -2.35. The van der Waals surface area contributed by atoms with Gasteiger partial charge in [-0.3, -0.25) is 4.79 Å². The van der Waals surface area contributed by atoms with E-state index in [2.05, 4.69) is 51.6 Å².